The summed E-state index contributed by atoms with van der Waals surface area (Å²) in [6.45, 7) is 1.98. The third-order valence-electron chi connectivity index (χ3n) is 2.22. The Morgan fingerprint density at radius 3 is 2.94 bits per heavy atom. The number of nitrogen functional groups attached to an aromatic ring is 1. The molecule has 1 aromatic rings. The lowest BCUT2D eigenvalue weighted by molar-refractivity contribution is -0.147. The second-order valence-electron chi connectivity index (χ2n) is 3.69. The van der Waals surface area contributed by atoms with Crippen LogP contribution in [0.4, 0.5) is 5.69 Å². The second kappa shape index (κ2) is 7.17. The number of nitriles is 1. The van der Waals surface area contributed by atoms with E-state index in [-0.39, 0.29) is 13.0 Å². The molecule has 2 N–H and O–H groups in total. The molecule has 0 amide bonds. The molecule has 5 heteroatoms. The molecule has 0 bridgehead atoms. The summed E-state index contributed by atoms with van der Waals surface area (Å²) in [5, 5.41) is 8.64. The number of anilines is 1. The first-order chi connectivity index (χ1) is 8.65. The summed E-state index contributed by atoms with van der Waals surface area (Å²) in [7, 11) is 0. The third-order valence-corrected chi connectivity index (χ3v) is 2.22. The van der Waals surface area contributed by atoms with Gasteiger partial charge in [-0.2, -0.15) is 5.26 Å². The van der Waals surface area contributed by atoms with Crippen LogP contribution in [-0.2, 0) is 9.53 Å². The number of hydrogen-bond acceptors (Lipinski definition) is 5. The largest absolute Gasteiger partial charge is 0.493 e. The monoisotopic (exact) mass is 248 g/mol. The zero-order valence-corrected chi connectivity index (χ0v) is 10.3. The van der Waals surface area contributed by atoms with Crippen molar-refractivity contribution in [3.8, 4) is 11.8 Å². The summed E-state index contributed by atoms with van der Waals surface area (Å²) in [6.07, 6.45) is -0.0875. The highest BCUT2D eigenvalue weighted by Crippen LogP contribution is 2.14. The van der Waals surface area contributed by atoms with Crippen molar-refractivity contribution in [3.63, 3.8) is 0 Å². The molecule has 18 heavy (non-hydrogen) atoms. The normalized spacial score (nSPS) is 11.3. The Bertz CT molecular complexity index is 440. The van der Waals surface area contributed by atoms with Crippen LogP contribution in [0, 0.1) is 11.3 Å². The summed E-state index contributed by atoms with van der Waals surface area (Å²) in [4.78, 5) is 11.4. The molecule has 1 aromatic carbocycles. The summed E-state index contributed by atoms with van der Waals surface area (Å²) in [5.74, 6) is 0.169. The maximum Gasteiger partial charge on any atom is 0.310 e. The lowest BCUT2D eigenvalue weighted by atomic mass is 10.3. The fraction of sp³-hybridized carbons (Fsp3) is 0.385. The molecule has 0 radical (unpaired) electrons. The van der Waals surface area contributed by atoms with E-state index < -0.39 is 12.1 Å². The minimum absolute atomic E-state index is 0.104. The van der Waals surface area contributed by atoms with Crippen molar-refractivity contribution < 1.29 is 14.3 Å². The smallest absolute Gasteiger partial charge is 0.310 e. The third kappa shape index (κ3) is 4.74. The van der Waals surface area contributed by atoms with Gasteiger partial charge in [-0.05, 0) is 18.6 Å². The van der Waals surface area contributed by atoms with E-state index in [1.165, 1.54) is 0 Å². The second-order valence-corrected chi connectivity index (χ2v) is 3.69. The molecular formula is C13H16N2O3. The Balaban J connectivity index is 2.30. The number of hydrogen-bond donors (Lipinski definition) is 1. The molecule has 0 heterocycles. The summed E-state index contributed by atoms with van der Waals surface area (Å²) in [5.41, 5.74) is 6.19. The van der Waals surface area contributed by atoms with Gasteiger partial charge in [0.15, 0.2) is 6.10 Å². The zero-order chi connectivity index (χ0) is 13.4. The fourth-order valence-corrected chi connectivity index (χ4v) is 1.28. The number of carbonyl (C=O) groups excluding carboxylic acids is 1. The number of nitrogens with two attached hydrogens (primary N) is 1. The Morgan fingerprint density at radius 2 is 2.33 bits per heavy atom. The number of esters is 1. The van der Waals surface area contributed by atoms with Crippen molar-refractivity contribution in [3.05, 3.63) is 24.3 Å². The fourth-order valence-electron chi connectivity index (χ4n) is 1.28. The van der Waals surface area contributed by atoms with Gasteiger partial charge in [0.1, 0.15) is 11.8 Å². The van der Waals surface area contributed by atoms with Gasteiger partial charge in [0.25, 0.3) is 0 Å². The minimum Gasteiger partial charge on any atom is -0.493 e. The predicted octanol–water partition coefficient (Wildman–Crippen LogP) is 1.88. The van der Waals surface area contributed by atoms with Crippen LogP contribution >= 0.6 is 0 Å². The van der Waals surface area contributed by atoms with Crippen molar-refractivity contribution in [1.82, 2.24) is 0 Å². The number of benzene rings is 1. The lowest BCUT2D eigenvalue weighted by Gasteiger charge is -2.09. The van der Waals surface area contributed by atoms with E-state index >= 15 is 0 Å². The zero-order valence-electron chi connectivity index (χ0n) is 10.3. The molecule has 0 saturated carbocycles. The van der Waals surface area contributed by atoms with Crippen molar-refractivity contribution in [2.75, 3.05) is 12.3 Å². The molecule has 0 aliphatic rings. The molecule has 1 atom stereocenters. The average molecular weight is 248 g/mol. The molecule has 0 aromatic heterocycles. The first-order valence-corrected chi connectivity index (χ1v) is 5.73. The van der Waals surface area contributed by atoms with E-state index in [1.54, 1.807) is 31.2 Å². The van der Waals surface area contributed by atoms with Gasteiger partial charge < -0.3 is 15.2 Å². The van der Waals surface area contributed by atoms with Crippen molar-refractivity contribution in [1.29, 1.82) is 5.26 Å². The van der Waals surface area contributed by atoms with Crippen LogP contribution in [0.5, 0.6) is 5.75 Å². The van der Waals surface area contributed by atoms with Crippen LogP contribution in [0.2, 0.25) is 0 Å². The number of nitrogens with zero attached hydrogens (tertiary/aromatic N) is 1. The highest BCUT2D eigenvalue weighted by atomic mass is 16.5. The van der Waals surface area contributed by atoms with Crippen molar-refractivity contribution >= 4 is 11.7 Å². The maximum absolute atomic E-state index is 11.4. The van der Waals surface area contributed by atoms with Crippen LogP contribution < -0.4 is 10.5 Å². The standard InChI is InChI=1S/C13H16N2O3/c1-2-11(9-14)18-13(16)6-7-17-12-5-3-4-10(15)8-12/h3-5,8,11H,2,6-7,15H2,1H3. The van der Waals surface area contributed by atoms with E-state index in [4.69, 9.17) is 20.5 Å². The molecule has 1 unspecified atom stereocenters. The van der Waals surface area contributed by atoms with E-state index in [0.29, 0.717) is 17.9 Å². The van der Waals surface area contributed by atoms with Gasteiger partial charge in [0, 0.05) is 11.8 Å². The Labute approximate surface area is 106 Å². The van der Waals surface area contributed by atoms with Crippen LogP contribution in [0.15, 0.2) is 24.3 Å². The quantitative estimate of drug-likeness (QED) is 0.613. The van der Waals surface area contributed by atoms with Crippen molar-refractivity contribution in [2.24, 2.45) is 0 Å². The van der Waals surface area contributed by atoms with Crippen LogP contribution in [0.25, 0.3) is 0 Å². The summed E-state index contributed by atoms with van der Waals surface area (Å²) in [6, 6.07) is 8.85. The Hall–Kier alpha value is -2.22. The highest BCUT2D eigenvalue weighted by molar-refractivity contribution is 5.69. The van der Waals surface area contributed by atoms with Gasteiger partial charge in [-0.3, -0.25) is 4.79 Å². The number of carbonyl (C=O) groups is 1. The summed E-state index contributed by atoms with van der Waals surface area (Å²) < 4.78 is 10.2. The van der Waals surface area contributed by atoms with Gasteiger partial charge in [-0.15, -0.1) is 0 Å². The highest BCUT2D eigenvalue weighted by Gasteiger charge is 2.11. The van der Waals surface area contributed by atoms with E-state index in [1.807, 2.05) is 6.07 Å². The summed E-state index contributed by atoms with van der Waals surface area (Å²) >= 11 is 0. The molecule has 1 rings (SSSR count). The minimum atomic E-state index is -0.676. The SMILES string of the molecule is CCC(C#N)OC(=O)CCOc1cccc(N)c1. The van der Waals surface area contributed by atoms with Gasteiger partial charge in [-0.1, -0.05) is 13.0 Å². The maximum atomic E-state index is 11.4. The molecule has 0 aliphatic carbocycles. The Kier molecular flexibility index (Phi) is 5.52. The average Bonchev–Trinajstić information content (AvgIpc) is 2.36. The van der Waals surface area contributed by atoms with Crippen LogP contribution in [0.1, 0.15) is 19.8 Å². The first kappa shape index (κ1) is 13.8. The van der Waals surface area contributed by atoms with E-state index in [2.05, 4.69) is 0 Å². The molecule has 0 saturated heterocycles. The van der Waals surface area contributed by atoms with E-state index in [0.717, 1.165) is 0 Å². The molecule has 5 nitrogen and oxygen atoms in total. The van der Waals surface area contributed by atoms with E-state index in [9.17, 15) is 4.79 Å². The predicted molar refractivity (Wildman–Crippen MR) is 66.8 cm³/mol. The number of rotatable bonds is 6. The molecule has 96 valence electrons. The van der Waals surface area contributed by atoms with Gasteiger partial charge in [-0.25, -0.2) is 0 Å². The molecule has 0 aliphatic heterocycles. The molecule has 0 spiro atoms. The van der Waals surface area contributed by atoms with Crippen LogP contribution in [0.3, 0.4) is 0 Å². The molecular weight excluding hydrogens is 232 g/mol. The molecule has 0 fully saturated rings. The van der Waals surface area contributed by atoms with Crippen LogP contribution in [-0.4, -0.2) is 18.7 Å². The number of ether oxygens (including phenoxy) is 2. The van der Waals surface area contributed by atoms with Crippen molar-refractivity contribution in [2.45, 2.75) is 25.9 Å². The lowest BCUT2D eigenvalue weighted by Crippen LogP contribution is -2.17. The Morgan fingerprint density at radius 1 is 1.56 bits per heavy atom. The van der Waals surface area contributed by atoms with Gasteiger partial charge >= 0.3 is 5.97 Å². The topological polar surface area (TPSA) is 85.3 Å². The first-order valence-electron chi connectivity index (χ1n) is 5.73. The van der Waals surface area contributed by atoms with Gasteiger partial charge in [0.2, 0.25) is 0 Å². The van der Waals surface area contributed by atoms with Gasteiger partial charge in [0.05, 0.1) is 13.0 Å².